The molecule has 1 saturated heterocycles. The van der Waals surface area contributed by atoms with Crippen molar-refractivity contribution in [1.29, 1.82) is 5.26 Å². The number of nitriles is 1. The molecule has 5 heteroatoms. The second kappa shape index (κ2) is 5.79. The predicted octanol–water partition coefficient (Wildman–Crippen LogP) is 2.30. The van der Waals surface area contributed by atoms with Crippen LogP contribution >= 0.6 is 0 Å². The number of ether oxygens (including phenoxy) is 1. The number of piperidine rings is 1. The number of hydrogen-bond acceptors (Lipinski definition) is 4. The lowest BCUT2D eigenvalue weighted by molar-refractivity contribution is 0.0109. The number of likely N-dealkylation sites (tertiary alicyclic amines) is 1. The molecule has 0 saturated carbocycles. The van der Waals surface area contributed by atoms with Gasteiger partial charge in [-0.1, -0.05) is 0 Å². The van der Waals surface area contributed by atoms with Gasteiger partial charge in [-0.25, -0.2) is 4.79 Å². The Hall–Kier alpha value is -1.28. The number of aliphatic hydroxyl groups excluding tert-OH is 1. The third-order valence-electron chi connectivity index (χ3n) is 3.30. The van der Waals surface area contributed by atoms with E-state index in [2.05, 4.69) is 6.07 Å². The van der Waals surface area contributed by atoms with Crippen LogP contribution in [0.4, 0.5) is 4.79 Å². The number of rotatable bonds is 2. The third-order valence-corrected chi connectivity index (χ3v) is 3.30. The highest BCUT2D eigenvalue weighted by atomic mass is 16.6. The van der Waals surface area contributed by atoms with Gasteiger partial charge in [-0.2, -0.15) is 5.26 Å². The lowest BCUT2D eigenvalue weighted by atomic mass is 9.76. The number of carbonyl (C=O) groups excluding carboxylic acids is 1. The maximum atomic E-state index is 11.9. The second-order valence-electron chi connectivity index (χ2n) is 6.41. The molecule has 0 spiro atoms. The smallest absolute Gasteiger partial charge is 0.410 e. The van der Waals surface area contributed by atoms with Crippen molar-refractivity contribution in [3.8, 4) is 6.07 Å². The molecule has 1 amide bonds. The molecule has 1 rings (SSSR count). The molecule has 5 nitrogen and oxygen atoms in total. The van der Waals surface area contributed by atoms with Crippen LogP contribution in [0, 0.1) is 16.7 Å². The van der Waals surface area contributed by atoms with Gasteiger partial charge < -0.3 is 14.7 Å². The van der Waals surface area contributed by atoms with Crippen LogP contribution in [0.2, 0.25) is 0 Å². The quantitative estimate of drug-likeness (QED) is 0.834. The van der Waals surface area contributed by atoms with Gasteiger partial charge in [-0.15, -0.1) is 0 Å². The van der Waals surface area contributed by atoms with Gasteiger partial charge in [0.15, 0.2) is 0 Å². The largest absolute Gasteiger partial charge is 0.444 e. The Morgan fingerprint density at radius 2 is 2.00 bits per heavy atom. The lowest BCUT2D eigenvalue weighted by Crippen LogP contribution is -2.45. The molecular weight excluding hydrogens is 244 g/mol. The monoisotopic (exact) mass is 268 g/mol. The van der Waals surface area contributed by atoms with Crippen molar-refractivity contribution in [3.63, 3.8) is 0 Å². The summed E-state index contributed by atoms with van der Waals surface area (Å²) in [5.74, 6) is 0. The molecule has 1 atom stereocenters. The van der Waals surface area contributed by atoms with Crippen LogP contribution in [0.15, 0.2) is 0 Å². The van der Waals surface area contributed by atoms with Crippen LogP contribution in [-0.4, -0.2) is 40.9 Å². The Morgan fingerprint density at radius 3 is 2.37 bits per heavy atom. The fourth-order valence-corrected chi connectivity index (χ4v) is 2.37. The van der Waals surface area contributed by atoms with Crippen molar-refractivity contribution in [2.75, 3.05) is 13.1 Å². The summed E-state index contributed by atoms with van der Waals surface area (Å²) in [6, 6.07) is 2.32. The Bertz CT molecular complexity index is 358. The summed E-state index contributed by atoms with van der Waals surface area (Å²) in [4.78, 5) is 13.5. The van der Waals surface area contributed by atoms with Crippen LogP contribution in [-0.2, 0) is 4.74 Å². The fraction of sp³-hybridized carbons (Fsp3) is 0.857. The van der Waals surface area contributed by atoms with Crippen molar-refractivity contribution in [2.24, 2.45) is 5.41 Å². The Kier molecular flexibility index (Phi) is 4.81. The average Bonchev–Trinajstić information content (AvgIpc) is 2.26. The molecule has 1 fully saturated rings. The van der Waals surface area contributed by atoms with E-state index in [4.69, 9.17) is 4.74 Å². The fourth-order valence-electron chi connectivity index (χ4n) is 2.37. The van der Waals surface area contributed by atoms with Crippen molar-refractivity contribution >= 4 is 6.09 Å². The zero-order valence-corrected chi connectivity index (χ0v) is 12.3. The second-order valence-corrected chi connectivity index (χ2v) is 6.41. The standard InChI is InChI=1S/C14H24N2O3/c1-11(17)9-14(10-15)5-7-16(8-6-14)12(18)19-13(2,3)4/h11,17H,5-9H2,1-4H3. The Morgan fingerprint density at radius 1 is 1.47 bits per heavy atom. The van der Waals surface area contributed by atoms with Crippen LogP contribution in [0.1, 0.15) is 47.0 Å². The lowest BCUT2D eigenvalue weighted by Gasteiger charge is -2.38. The molecule has 1 aliphatic rings. The number of amides is 1. The molecule has 1 N–H and O–H groups in total. The normalized spacial score (nSPS) is 20.5. The van der Waals surface area contributed by atoms with Crippen LogP contribution < -0.4 is 0 Å². The summed E-state index contributed by atoms with van der Waals surface area (Å²) < 4.78 is 5.31. The molecule has 0 aliphatic carbocycles. The minimum absolute atomic E-state index is 0.323. The predicted molar refractivity (Wildman–Crippen MR) is 71.4 cm³/mol. The molecule has 1 unspecified atom stereocenters. The van der Waals surface area contributed by atoms with Crippen molar-refractivity contribution in [2.45, 2.75) is 58.7 Å². The summed E-state index contributed by atoms with van der Waals surface area (Å²) in [5, 5.41) is 18.8. The maximum absolute atomic E-state index is 11.9. The van der Waals surface area contributed by atoms with E-state index in [9.17, 15) is 15.2 Å². The van der Waals surface area contributed by atoms with E-state index in [1.165, 1.54) is 0 Å². The first kappa shape index (κ1) is 15.8. The summed E-state index contributed by atoms with van der Waals surface area (Å²) in [5.41, 5.74) is -1.01. The summed E-state index contributed by atoms with van der Waals surface area (Å²) >= 11 is 0. The van der Waals surface area contributed by atoms with E-state index in [-0.39, 0.29) is 6.09 Å². The molecule has 0 aromatic heterocycles. The van der Waals surface area contributed by atoms with Crippen LogP contribution in [0.5, 0.6) is 0 Å². The van der Waals surface area contributed by atoms with E-state index in [0.29, 0.717) is 32.4 Å². The topological polar surface area (TPSA) is 73.6 Å². The number of aliphatic hydroxyl groups is 1. The summed E-state index contributed by atoms with van der Waals surface area (Å²) in [6.45, 7) is 8.22. The maximum Gasteiger partial charge on any atom is 0.410 e. The molecule has 0 bridgehead atoms. The van der Waals surface area contributed by atoms with Crippen LogP contribution in [0.3, 0.4) is 0 Å². The average molecular weight is 268 g/mol. The minimum Gasteiger partial charge on any atom is -0.444 e. The van der Waals surface area contributed by atoms with E-state index in [1.807, 2.05) is 20.8 Å². The van der Waals surface area contributed by atoms with E-state index >= 15 is 0 Å². The van der Waals surface area contributed by atoms with Gasteiger partial charge >= 0.3 is 6.09 Å². The van der Waals surface area contributed by atoms with E-state index in [0.717, 1.165) is 0 Å². The number of nitrogens with zero attached hydrogens (tertiary/aromatic N) is 2. The first-order chi connectivity index (χ1) is 8.67. The molecular formula is C14H24N2O3. The van der Waals surface area contributed by atoms with Crippen LogP contribution in [0.25, 0.3) is 0 Å². The van der Waals surface area contributed by atoms with Gasteiger partial charge in [0, 0.05) is 13.1 Å². The van der Waals surface area contributed by atoms with Gasteiger partial charge in [0.25, 0.3) is 0 Å². The van der Waals surface area contributed by atoms with E-state index < -0.39 is 17.1 Å². The Balaban J connectivity index is 2.57. The molecule has 1 aliphatic heterocycles. The third kappa shape index (κ3) is 4.71. The van der Waals surface area contributed by atoms with Gasteiger partial charge in [0.05, 0.1) is 17.6 Å². The first-order valence-corrected chi connectivity index (χ1v) is 6.75. The molecule has 19 heavy (non-hydrogen) atoms. The molecule has 1 heterocycles. The zero-order chi connectivity index (χ0) is 14.7. The van der Waals surface area contributed by atoms with Gasteiger partial charge in [0.2, 0.25) is 0 Å². The number of hydrogen-bond donors (Lipinski definition) is 1. The van der Waals surface area contributed by atoms with Crippen molar-refractivity contribution in [3.05, 3.63) is 0 Å². The minimum atomic E-state index is -0.507. The number of carbonyl (C=O) groups is 1. The first-order valence-electron chi connectivity index (χ1n) is 6.75. The molecule has 0 aromatic rings. The summed E-state index contributed by atoms with van der Waals surface area (Å²) in [7, 11) is 0. The highest BCUT2D eigenvalue weighted by molar-refractivity contribution is 5.68. The highest BCUT2D eigenvalue weighted by Crippen LogP contribution is 2.35. The van der Waals surface area contributed by atoms with Crippen molar-refractivity contribution in [1.82, 2.24) is 4.90 Å². The van der Waals surface area contributed by atoms with Gasteiger partial charge in [-0.3, -0.25) is 0 Å². The van der Waals surface area contributed by atoms with Gasteiger partial charge in [0.1, 0.15) is 5.60 Å². The molecule has 108 valence electrons. The van der Waals surface area contributed by atoms with Gasteiger partial charge in [-0.05, 0) is 47.0 Å². The van der Waals surface area contributed by atoms with E-state index in [1.54, 1.807) is 11.8 Å². The summed E-state index contributed by atoms with van der Waals surface area (Å²) in [6.07, 6.45) is 0.830. The highest BCUT2D eigenvalue weighted by Gasteiger charge is 2.38. The zero-order valence-electron chi connectivity index (χ0n) is 12.3. The molecule has 0 aromatic carbocycles. The SMILES string of the molecule is CC(O)CC1(C#N)CCN(C(=O)OC(C)(C)C)CC1. The Labute approximate surface area is 115 Å². The van der Waals surface area contributed by atoms with Crippen molar-refractivity contribution < 1.29 is 14.6 Å². The molecule has 0 radical (unpaired) electrons.